The minimum absolute atomic E-state index is 0.0393. The van der Waals surface area contributed by atoms with Crippen LogP contribution in [-0.4, -0.2) is 79.9 Å². The van der Waals surface area contributed by atoms with Gasteiger partial charge in [0.15, 0.2) is 0 Å². The van der Waals surface area contributed by atoms with E-state index < -0.39 is 0 Å². The van der Waals surface area contributed by atoms with Gasteiger partial charge in [0, 0.05) is 84.5 Å². The third-order valence-electron chi connectivity index (χ3n) is 13.4. The summed E-state index contributed by atoms with van der Waals surface area (Å²) in [5.74, 6) is 1.63. The van der Waals surface area contributed by atoms with Crippen molar-refractivity contribution in [1.29, 1.82) is 0 Å². The number of hydrogen-bond donors (Lipinski definition) is 2. The van der Waals surface area contributed by atoms with E-state index in [9.17, 15) is 4.79 Å². The Labute approximate surface area is 364 Å². The number of aryl methyl sites for hydroxylation is 1. The maximum Gasteiger partial charge on any atom is 0.251 e. The van der Waals surface area contributed by atoms with Gasteiger partial charge in [-0.15, -0.1) is 11.8 Å². The maximum atomic E-state index is 13.3. The molecule has 3 aliphatic rings. The molecule has 1 amide bonds. The third-order valence-corrected chi connectivity index (χ3v) is 14.8. The molecule has 7 rings (SSSR count). The van der Waals surface area contributed by atoms with E-state index >= 15 is 0 Å². The molecule has 2 fully saturated rings. The van der Waals surface area contributed by atoms with E-state index in [4.69, 9.17) is 11.6 Å². The summed E-state index contributed by atoms with van der Waals surface area (Å²) in [4.78, 5) is 22.3. The predicted octanol–water partition coefficient (Wildman–Crippen LogP) is 11.4. The second-order valence-corrected chi connectivity index (χ2v) is 19.4. The number of halogens is 1. The molecule has 2 saturated heterocycles. The van der Waals surface area contributed by atoms with Crippen molar-refractivity contribution < 1.29 is 4.79 Å². The van der Waals surface area contributed by atoms with Crippen molar-refractivity contribution in [3.63, 3.8) is 0 Å². The minimum atomic E-state index is -0.0393. The van der Waals surface area contributed by atoms with Gasteiger partial charge in [-0.25, -0.2) is 0 Å². The number of piperazine rings is 1. The highest BCUT2D eigenvalue weighted by atomic mass is 35.5. The number of amides is 1. The van der Waals surface area contributed by atoms with Crippen LogP contribution in [0.25, 0.3) is 5.57 Å². The van der Waals surface area contributed by atoms with Crippen LogP contribution in [-0.2, 0) is 6.54 Å². The summed E-state index contributed by atoms with van der Waals surface area (Å²) >= 11 is 8.20. The lowest BCUT2D eigenvalue weighted by atomic mass is 9.66. The van der Waals surface area contributed by atoms with E-state index in [1.807, 2.05) is 36.0 Å². The topological polar surface area (TPSA) is 50.9 Å². The normalized spacial score (nSPS) is 19.9. The minimum Gasteiger partial charge on any atom is -0.381 e. The van der Waals surface area contributed by atoms with Gasteiger partial charge in [0.2, 0.25) is 0 Å². The smallest absolute Gasteiger partial charge is 0.251 e. The number of benzene rings is 4. The summed E-state index contributed by atoms with van der Waals surface area (Å²) in [5, 5.41) is 7.87. The average Bonchev–Trinajstić information content (AvgIpc) is 3.26. The molecule has 59 heavy (non-hydrogen) atoms. The van der Waals surface area contributed by atoms with Crippen LogP contribution in [0, 0.1) is 18.3 Å². The Balaban J connectivity index is 0.898. The van der Waals surface area contributed by atoms with Gasteiger partial charge in [0.1, 0.15) is 0 Å². The molecule has 0 radical (unpaired) electrons. The Morgan fingerprint density at radius 3 is 2.27 bits per heavy atom. The molecule has 0 bridgehead atoms. The molecular weight excluding hydrogens is 766 g/mol. The van der Waals surface area contributed by atoms with Gasteiger partial charge in [-0.1, -0.05) is 86.8 Å². The summed E-state index contributed by atoms with van der Waals surface area (Å²) in [6, 6.07) is 34.3. The molecule has 0 aromatic heterocycles. The number of carbonyl (C=O) groups excluding carboxylic acids is 1. The van der Waals surface area contributed by atoms with Crippen LogP contribution in [0.5, 0.6) is 0 Å². The first-order chi connectivity index (χ1) is 28.6. The number of rotatable bonds is 16. The number of hydrogen-bond acceptors (Lipinski definition) is 6. The zero-order chi connectivity index (χ0) is 41.2. The number of nitrogens with one attached hydrogen (secondary N) is 2. The van der Waals surface area contributed by atoms with Gasteiger partial charge in [0.05, 0.1) is 0 Å². The zero-order valence-corrected chi connectivity index (χ0v) is 37.5. The van der Waals surface area contributed by atoms with Crippen LogP contribution in [0.15, 0.2) is 108 Å². The lowest BCUT2D eigenvalue weighted by Gasteiger charge is -2.42. The first-order valence-corrected chi connectivity index (χ1v) is 23.6. The van der Waals surface area contributed by atoms with E-state index in [1.165, 1.54) is 71.7 Å². The van der Waals surface area contributed by atoms with Crippen molar-refractivity contribution in [2.75, 3.05) is 68.3 Å². The molecule has 1 aliphatic carbocycles. The van der Waals surface area contributed by atoms with Crippen molar-refractivity contribution in [3.05, 3.63) is 130 Å². The number of carbonyl (C=O) groups is 1. The SMILES string of the molecule is Cc1cc(CNC(=O)c2ccc(N3CCN(CC4=C(c5ccc(Cl)cc5)CC[C@](C)(C(C)C)C4)CC3)cc2)ccc1N[C@H](CCN1CCCCC1)CSc1ccccc1. The molecule has 4 aromatic rings. The highest BCUT2D eigenvalue weighted by molar-refractivity contribution is 7.99. The molecule has 314 valence electrons. The van der Waals surface area contributed by atoms with Crippen LogP contribution >= 0.6 is 23.4 Å². The van der Waals surface area contributed by atoms with Crippen molar-refractivity contribution in [3.8, 4) is 0 Å². The fraction of sp³-hybridized carbons (Fsp3) is 0.471. The second kappa shape index (κ2) is 20.7. The fourth-order valence-corrected chi connectivity index (χ4v) is 10.2. The summed E-state index contributed by atoms with van der Waals surface area (Å²) in [6.45, 7) is 18.5. The highest BCUT2D eigenvalue weighted by Gasteiger charge is 2.35. The van der Waals surface area contributed by atoms with Crippen LogP contribution in [0.3, 0.4) is 0 Å². The monoisotopic (exact) mass is 831 g/mol. The largest absolute Gasteiger partial charge is 0.381 e. The van der Waals surface area contributed by atoms with Gasteiger partial charge in [-0.2, -0.15) is 0 Å². The Kier molecular flexibility index (Phi) is 15.2. The second-order valence-electron chi connectivity index (χ2n) is 17.9. The number of thioether (sulfide) groups is 1. The highest BCUT2D eigenvalue weighted by Crippen LogP contribution is 2.47. The number of likely N-dealkylation sites (tertiary alicyclic amines) is 1. The Bertz CT molecular complexity index is 1990. The van der Waals surface area contributed by atoms with E-state index in [0.717, 1.165) is 74.9 Å². The molecule has 0 spiro atoms. The number of anilines is 2. The lowest BCUT2D eigenvalue weighted by Crippen LogP contribution is -2.47. The number of piperidine rings is 1. The maximum absolute atomic E-state index is 13.3. The van der Waals surface area contributed by atoms with Crippen molar-refractivity contribution >= 4 is 46.2 Å². The van der Waals surface area contributed by atoms with Gasteiger partial charge >= 0.3 is 0 Å². The van der Waals surface area contributed by atoms with E-state index in [2.05, 4.69) is 126 Å². The summed E-state index contributed by atoms with van der Waals surface area (Å²) in [5.41, 5.74) is 10.2. The molecule has 2 N–H and O–H groups in total. The van der Waals surface area contributed by atoms with Crippen molar-refractivity contribution in [1.82, 2.24) is 15.1 Å². The van der Waals surface area contributed by atoms with E-state index in [-0.39, 0.29) is 5.91 Å². The van der Waals surface area contributed by atoms with Gasteiger partial charge < -0.3 is 20.4 Å². The molecule has 2 atom stereocenters. The van der Waals surface area contributed by atoms with Crippen LogP contribution < -0.4 is 15.5 Å². The van der Waals surface area contributed by atoms with E-state index in [1.54, 1.807) is 5.57 Å². The van der Waals surface area contributed by atoms with Gasteiger partial charge in [-0.3, -0.25) is 9.69 Å². The van der Waals surface area contributed by atoms with Crippen molar-refractivity contribution in [2.45, 2.75) is 90.1 Å². The zero-order valence-electron chi connectivity index (χ0n) is 35.9. The first kappa shape index (κ1) is 43.3. The fourth-order valence-electron chi connectivity index (χ4n) is 9.11. The summed E-state index contributed by atoms with van der Waals surface area (Å²) in [6.07, 6.45) is 8.64. The summed E-state index contributed by atoms with van der Waals surface area (Å²) in [7, 11) is 0. The predicted molar refractivity (Wildman–Crippen MR) is 252 cm³/mol. The molecule has 2 heterocycles. The molecule has 0 unspecified atom stereocenters. The Hall–Kier alpha value is -3.75. The molecule has 4 aromatic carbocycles. The lowest BCUT2D eigenvalue weighted by molar-refractivity contribution is 0.0951. The third kappa shape index (κ3) is 12.0. The molecule has 6 nitrogen and oxygen atoms in total. The Morgan fingerprint density at radius 2 is 1.58 bits per heavy atom. The van der Waals surface area contributed by atoms with Crippen LogP contribution in [0.1, 0.15) is 92.8 Å². The Morgan fingerprint density at radius 1 is 0.847 bits per heavy atom. The molecular formula is C51H66ClN5OS. The molecule has 2 aliphatic heterocycles. The first-order valence-electron chi connectivity index (χ1n) is 22.2. The van der Waals surface area contributed by atoms with Crippen molar-refractivity contribution in [2.24, 2.45) is 11.3 Å². The molecule has 0 saturated carbocycles. The number of nitrogens with zero attached hydrogens (tertiary/aromatic N) is 3. The van der Waals surface area contributed by atoms with Crippen LogP contribution in [0.4, 0.5) is 11.4 Å². The summed E-state index contributed by atoms with van der Waals surface area (Å²) < 4.78 is 0. The van der Waals surface area contributed by atoms with Gasteiger partial charge in [-0.05, 0) is 147 Å². The molecule has 8 heteroatoms. The van der Waals surface area contributed by atoms with Crippen LogP contribution in [0.2, 0.25) is 5.02 Å². The quantitative estimate of drug-likeness (QED) is 0.110. The standard InChI is InChI=1S/C51H66ClN5OS/c1-38(2)51(4)25-23-48(41-14-18-44(52)19-15-41)43(34-51)36-56-29-31-57(32-30-56)46-20-16-42(17-21-46)50(58)53-35-40-13-22-49(39(3)33-40)54-45(24-28-55-26-9-6-10-27-55)37-59-47-11-7-5-8-12-47/h5,7-8,11-22,33,38,45,54H,6,9-10,23-32,34-37H2,1-4H3,(H,53,58)/t45-,51+/m1/s1. The van der Waals surface area contributed by atoms with E-state index in [0.29, 0.717) is 29.5 Å². The number of allylic oxidation sites excluding steroid dienone is 1. The van der Waals surface area contributed by atoms with Gasteiger partial charge in [0.25, 0.3) is 5.91 Å². The average molecular weight is 833 g/mol.